The van der Waals surface area contributed by atoms with Gasteiger partial charge in [0.2, 0.25) is 0 Å². The van der Waals surface area contributed by atoms with E-state index in [4.69, 9.17) is 0 Å². The van der Waals surface area contributed by atoms with Crippen LogP contribution in [0.5, 0.6) is 0 Å². The second-order valence-electron chi connectivity index (χ2n) is 5.21. The smallest absolute Gasteiger partial charge is 0.258 e. The van der Waals surface area contributed by atoms with Crippen molar-refractivity contribution in [3.05, 3.63) is 48.2 Å². The fourth-order valence-electron chi connectivity index (χ4n) is 1.48. The zero-order chi connectivity index (χ0) is 13.9. The summed E-state index contributed by atoms with van der Waals surface area (Å²) in [5.41, 5.74) is 0.341. The van der Waals surface area contributed by atoms with Gasteiger partial charge in [0.1, 0.15) is 11.6 Å². The van der Waals surface area contributed by atoms with E-state index in [1.165, 1.54) is 6.20 Å². The predicted molar refractivity (Wildman–Crippen MR) is 72.9 cm³/mol. The summed E-state index contributed by atoms with van der Waals surface area (Å²) >= 11 is 0. The van der Waals surface area contributed by atoms with Crippen molar-refractivity contribution in [1.29, 1.82) is 0 Å². The van der Waals surface area contributed by atoms with Crippen LogP contribution in [0.1, 0.15) is 37.0 Å². The van der Waals surface area contributed by atoms with Gasteiger partial charge in [-0.3, -0.25) is 9.78 Å². The first kappa shape index (κ1) is 13.1. The fraction of sp³-hybridized carbons (Fsp3) is 0.286. The first-order valence-electron chi connectivity index (χ1n) is 6.02. The molecule has 0 radical (unpaired) electrons. The Kier molecular flexibility index (Phi) is 3.55. The van der Waals surface area contributed by atoms with E-state index in [0.717, 1.165) is 0 Å². The molecule has 19 heavy (non-hydrogen) atoms. The first-order chi connectivity index (χ1) is 8.97. The maximum atomic E-state index is 12.0. The molecule has 2 heterocycles. The Morgan fingerprint density at radius 3 is 2.63 bits per heavy atom. The number of anilines is 1. The third-order valence-corrected chi connectivity index (χ3v) is 2.49. The molecular weight excluding hydrogens is 240 g/mol. The highest BCUT2D eigenvalue weighted by molar-refractivity contribution is 6.03. The maximum Gasteiger partial charge on any atom is 0.258 e. The number of carbonyl (C=O) groups excluding carboxylic acids is 1. The normalized spacial score (nSPS) is 11.1. The third kappa shape index (κ3) is 3.34. The molecule has 1 N–H and O–H groups in total. The van der Waals surface area contributed by atoms with Crippen LogP contribution < -0.4 is 5.32 Å². The van der Waals surface area contributed by atoms with Crippen molar-refractivity contribution in [3.63, 3.8) is 0 Å². The van der Waals surface area contributed by atoms with Crippen molar-refractivity contribution < 1.29 is 4.79 Å². The number of hydrogen-bond donors (Lipinski definition) is 1. The number of pyridine rings is 1. The fourth-order valence-corrected chi connectivity index (χ4v) is 1.48. The summed E-state index contributed by atoms with van der Waals surface area (Å²) in [4.78, 5) is 24.4. The van der Waals surface area contributed by atoms with Gasteiger partial charge in [-0.05, 0) is 18.2 Å². The summed E-state index contributed by atoms with van der Waals surface area (Å²) in [7, 11) is 0. The largest absolute Gasteiger partial charge is 0.306 e. The molecule has 0 aliphatic heterocycles. The van der Waals surface area contributed by atoms with Crippen molar-refractivity contribution in [2.24, 2.45) is 0 Å². The zero-order valence-electron chi connectivity index (χ0n) is 11.2. The second-order valence-corrected chi connectivity index (χ2v) is 5.21. The van der Waals surface area contributed by atoms with E-state index >= 15 is 0 Å². The van der Waals surface area contributed by atoms with Crippen LogP contribution in [-0.4, -0.2) is 20.9 Å². The molecule has 2 aromatic rings. The molecule has 1 amide bonds. The lowest BCUT2D eigenvalue weighted by molar-refractivity contribution is 0.102. The molecule has 0 aromatic carbocycles. The van der Waals surface area contributed by atoms with Crippen LogP contribution in [0.3, 0.4) is 0 Å². The van der Waals surface area contributed by atoms with Crippen LogP contribution in [0, 0.1) is 0 Å². The Morgan fingerprint density at radius 1 is 1.21 bits per heavy atom. The third-order valence-electron chi connectivity index (χ3n) is 2.49. The van der Waals surface area contributed by atoms with Gasteiger partial charge < -0.3 is 5.32 Å². The van der Waals surface area contributed by atoms with E-state index in [0.29, 0.717) is 17.2 Å². The van der Waals surface area contributed by atoms with Gasteiger partial charge in [0.05, 0.1) is 5.56 Å². The Morgan fingerprint density at radius 2 is 2.00 bits per heavy atom. The Hall–Kier alpha value is -2.30. The molecule has 5 heteroatoms. The van der Waals surface area contributed by atoms with E-state index in [9.17, 15) is 4.79 Å². The van der Waals surface area contributed by atoms with Crippen LogP contribution in [-0.2, 0) is 5.41 Å². The number of amides is 1. The predicted octanol–water partition coefficient (Wildman–Crippen LogP) is 2.42. The summed E-state index contributed by atoms with van der Waals surface area (Å²) in [6.45, 7) is 6.07. The molecule has 0 aliphatic carbocycles. The highest BCUT2D eigenvalue weighted by atomic mass is 16.1. The molecule has 0 fully saturated rings. The number of nitrogens with one attached hydrogen (secondary N) is 1. The van der Waals surface area contributed by atoms with E-state index in [1.807, 2.05) is 20.8 Å². The molecule has 0 saturated heterocycles. The molecule has 98 valence electrons. The topological polar surface area (TPSA) is 67.8 Å². The standard InChI is InChI=1S/C14H16N4O/c1-14(2,3)13-16-8-6-11(18-13)17-12(19)10-5-4-7-15-9-10/h4-9H,1-3H3,(H,16,17,18,19). The lowest BCUT2D eigenvalue weighted by Crippen LogP contribution is -2.19. The van der Waals surface area contributed by atoms with E-state index in [-0.39, 0.29) is 11.3 Å². The number of hydrogen-bond acceptors (Lipinski definition) is 4. The quantitative estimate of drug-likeness (QED) is 0.896. The summed E-state index contributed by atoms with van der Waals surface area (Å²) in [6, 6.07) is 5.09. The van der Waals surface area contributed by atoms with Gasteiger partial charge in [-0.2, -0.15) is 0 Å². The average Bonchev–Trinajstić information content (AvgIpc) is 2.39. The summed E-state index contributed by atoms with van der Waals surface area (Å²) in [5, 5.41) is 2.74. The van der Waals surface area contributed by atoms with Crippen molar-refractivity contribution in [2.45, 2.75) is 26.2 Å². The number of aromatic nitrogens is 3. The molecule has 0 saturated carbocycles. The number of rotatable bonds is 2. The molecule has 0 unspecified atom stereocenters. The van der Waals surface area contributed by atoms with E-state index < -0.39 is 0 Å². The van der Waals surface area contributed by atoms with Gasteiger partial charge >= 0.3 is 0 Å². The zero-order valence-corrected chi connectivity index (χ0v) is 11.2. The van der Waals surface area contributed by atoms with Crippen molar-refractivity contribution >= 4 is 11.7 Å². The van der Waals surface area contributed by atoms with Gasteiger partial charge in [-0.25, -0.2) is 9.97 Å². The minimum Gasteiger partial charge on any atom is -0.306 e. The molecule has 5 nitrogen and oxygen atoms in total. The molecule has 2 aromatic heterocycles. The van der Waals surface area contributed by atoms with Crippen molar-refractivity contribution in [2.75, 3.05) is 5.32 Å². The lowest BCUT2D eigenvalue weighted by Gasteiger charge is -2.16. The monoisotopic (exact) mass is 256 g/mol. The second kappa shape index (κ2) is 5.14. The van der Waals surface area contributed by atoms with Crippen LogP contribution in [0.4, 0.5) is 5.82 Å². The minimum atomic E-state index is -0.230. The molecule has 0 atom stereocenters. The molecule has 0 aliphatic rings. The van der Waals surface area contributed by atoms with Gasteiger partial charge in [0.25, 0.3) is 5.91 Å². The number of nitrogens with zero attached hydrogens (tertiary/aromatic N) is 3. The average molecular weight is 256 g/mol. The SMILES string of the molecule is CC(C)(C)c1nccc(NC(=O)c2cccnc2)n1. The molecule has 0 spiro atoms. The van der Waals surface area contributed by atoms with E-state index in [1.54, 1.807) is 30.6 Å². The van der Waals surface area contributed by atoms with Crippen molar-refractivity contribution in [3.8, 4) is 0 Å². The van der Waals surface area contributed by atoms with Crippen molar-refractivity contribution in [1.82, 2.24) is 15.0 Å². The lowest BCUT2D eigenvalue weighted by atomic mass is 9.96. The van der Waals surface area contributed by atoms with Gasteiger partial charge in [0.15, 0.2) is 0 Å². The van der Waals surface area contributed by atoms with Gasteiger partial charge in [-0.1, -0.05) is 20.8 Å². The summed E-state index contributed by atoms with van der Waals surface area (Å²) in [6.07, 6.45) is 4.78. The Bertz CT molecular complexity index is 575. The van der Waals surface area contributed by atoms with Gasteiger partial charge in [0, 0.05) is 24.0 Å². The Balaban J connectivity index is 2.18. The molecular formula is C14H16N4O. The highest BCUT2D eigenvalue weighted by Gasteiger charge is 2.18. The summed E-state index contributed by atoms with van der Waals surface area (Å²) in [5.74, 6) is 0.955. The van der Waals surface area contributed by atoms with E-state index in [2.05, 4.69) is 20.3 Å². The van der Waals surface area contributed by atoms with Crippen LogP contribution in [0.25, 0.3) is 0 Å². The first-order valence-corrected chi connectivity index (χ1v) is 6.02. The van der Waals surface area contributed by atoms with Crippen LogP contribution in [0.2, 0.25) is 0 Å². The van der Waals surface area contributed by atoms with Gasteiger partial charge in [-0.15, -0.1) is 0 Å². The number of carbonyl (C=O) groups is 1. The van der Waals surface area contributed by atoms with Crippen LogP contribution >= 0.6 is 0 Å². The minimum absolute atomic E-state index is 0.158. The highest BCUT2D eigenvalue weighted by Crippen LogP contribution is 2.18. The maximum absolute atomic E-state index is 12.0. The summed E-state index contributed by atoms with van der Waals surface area (Å²) < 4.78 is 0. The Labute approximate surface area is 112 Å². The molecule has 0 bridgehead atoms. The molecule has 2 rings (SSSR count). The van der Waals surface area contributed by atoms with Crippen LogP contribution in [0.15, 0.2) is 36.8 Å².